The van der Waals surface area contributed by atoms with Crippen molar-refractivity contribution in [2.75, 3.05) is 11.8 Å². The molecule has 0 aliphatic heterocycles. The number of carbonyl (C=O) groups excluding carboxylic acids is 1. The van der Waals surface area contributed by atoms with Crippen molar-refractivity contribution >= 4 is 32.8 Å². The van der Waals surface area contributed by atoms with Crippen molar-refractivity contribution in [3.8, 4) is 0 Å². The molecule has 3 rings (SSSR count). The highest BCUT2D eigenvalue weighted by Gasteiger charge is 2.16. The second-order valence-corrected chi connectivity index (χ2v) is 6.72. The highest BCUT2D eigenvalue weighted by molar-refractivity contribution is 7.92. The van der Waals surface area contributed by atoms with Gasteiger partial charge in [0, 0.05) is 18.7 Å². The number of hydrogen-bond donors (Lipinski definition) is 1. The Kier molecular flexibility index (Phi) is 3.98. The highest BCUT2D eigenvalue weighted by Crippen LogP contribution is 2.22. The molecule has 0 bridgehead atoms. The van der Waals surface area contributed by atoms with Gasteiger partial charge in [-0.05, 0) is 36.4 Å². The van der Waals surface area contributed by atoms with Gasteiger partial charge in [-0.15, -0.1) is 0 Å². The number of anilines is 1. The van der Waals surface area contributed by atoms with Gasteiger partial charge in [-0.25, -0.2) is 18.2 Å². The fourth-order valence-electron chi connectivity index (χ4n) is 2.19. The maximum atomic E-state index is 12.5. The molecule has 2 aromatic carbocycles. The number of rotatable bonds is 4. The zero-order chi connectivity index (χ0) is 17.3. The number of oxazole rings is 1. The average Bonchev–Trinajstić information content (AvgIpc) is 2.93. The number of fused-ring (bicyclic) bond motifs is 1. The van der Waals surface area contributed by atoms with Crippen molar-refractivity contribution in [1.29, 1.82) is 0 Å². The van der Waals surface area contributed by atoms with E-state index < -0.39 is 16.0 Å². The monoisotopic (exact) mass is 346 g/mol. The second kappa shape index (κ2) is 5.97. The molecule has 0 atom stereocenters. The summed E-state index contributed by atoms with van der Waals surface area (Å²) in [4.78, 5) is 15.6. The Bertz CT molecular complexity index is 1010. The van der Waals surface area contributed by atoms with Gasteiger partial charge in [0.1, 0.15) is 5.52 Å². The molecule has 0 aliphatic carbocycles. The number of benzene rings is 2. The van der Waals surface area contributed by atoms with Crippen molar-refractivity contribution in [3.05, 3.63) is 53.9 Å². The Labute approximate surface area is 138 Å². The SMILES string of the molecule is COC(=O)c1ccc(NS(=O)(=O)c2ccc3nc(C)oc3c2)cc1. The lowest BCUT2D eigenvalue weighted by Gasteiger charge is -2.08. The molecule has 0 radical (unpaired) electrons. The van der Waals surface area contributed by atoms with Crippen LogP contribution in [0, 0.1) is 6.92 Å². The normalized spacial score (nSPS) is 11.4. The van der Waals surface area contributed by atoms with Crippen molar-refractivity contribution in [2.45, 2.75) is 11.8 Å². The van der Waals surface area contributed by atoms with Crippen LogP contribution in [0.25, 0.3) is 11.1 Å². The third-order valence-electron chi connectivity index (χ3n) is 3.34. The van der Waals surface area contributed by atoms with Crippen LogP contribution in [0.3, 0.4) is 0 Å². The van der Waals surface area contributed by atoms with Gasteiger partial charge < -0.3 is 9.15 Å². The number of carbonyl (C=O) groups is 1. The lowest BCUT2D eigenvalue weighted by atomic mass is 10.2. The molecule has 1 N–H and O–H groups in total. The molecule has 1 aromatic heterocycles. The number of methoxy groups -OCH3 is 1. The molecule has 0 fully saturated rings. The molecular weight excluding hydrogens is 332 g/mol. The van der Waals surface area contributed by atoms with Crippen LogP contribution in [-0.4, -0.2) is 26.5 Å². The molecule has 0 amide bonds. The van der Waals surface area contributed by atoms with Gasteiger partial charge in [0.2, 0.25) is 0 Å². The molecule has 0 aliphatic rings. The van der Waals surface area contributed by atoms with E-state index in [9.17, 15) is 13.2 Å². The summed E-state index contributed by atoms with van der Waals surface area (Å²) < 4.78 is 37.3. The van der Waals surface area contributed by atoms with Crippen molar-refractivity contribution < 1.29 is 22.4 Å². The van der Waals surface area contributed by atoms with E-state index in [1.165, 1.54) is 43.5 Å². The molecule has 0 unspecified atom stereocenters. The van der Waals surface area contributed by atoms with E-state index in [-0.39, 0.29) is 4.90 Å². The van der Waals surface area contributed by atoms with Crippen LogP contribution in [0.15, 0.2) is 51.8 Å². The number of hydrogen-bond acceptors (Lipinski definition) is 6. The Balaban J connectivity index is 1.88. The predicted octanol–water partition coefficient (Wildman–Crippen LogP) is 2.72. The number of ether oxygens (including phenoxy) is 1. The average molecular weight is 346 g/mol. The quantitative estimate of drug-likeness (QED) is 0.729. The number of nitrogens with zero attached hydrogens (tertiary/aromatic N) is 1. The van der Waals surface area contributed by atoms with Crippen molar-refractivity contribution in [1.82, 2.24) is 4.98 Å². The zero-order valence-electron chi connectivity index (χ0n) is 12.9. The standard InChI is InChI=1S/C16H14N2O5S/c1-10-17-14-8-7-13(9-15(14)23-10)24(20,21)18-12-5-3-11(4-6-12)16(19)22-2/h3-9,18H,1-2H3. The number of sulfonamides is 1. The van der Waals surface area contributed by atoms with Crippen LogP contribution < -0.4 is 4.72 Å². The minimum absolute atomic E-state index is 0.0585. The van der Waals surface area contributed by atoms with Gasteiger partial charge in [-0.3, -0.25) is 4.72 Å². The molecule has 0 spiro atoms. The molecular formula is C16H14N2O5S. The number of nitrogens with one attached hydrogen (secondary N) is 1. The molecule has 0 saturated carbocycles. The lowest BCUT2D eigenvalue weighted by molar-refractivity contribution is 0.0601. The summed E-state index contributed by atoms with van der Waals surface area (Å²) in [6.07, 6.45) is 0. The minimum atomic E-state index is -3.79. The summed E-state index contributed by atoms with van der Waals surface area (Å²) in [6.45, 7) is 1.69. The summed E-state index contributed by atoms with van der Waals surface area (Å²) >= 11 is 0. The fraction of sp³-hybridized carbons (Fsp3) is 0.125. The van der Waals surface area contributed by atoms with E-state index in [4.69, 9.17) is 4.42 Å². The van der Waals surface area contributed by atoms with E-state index in [2.05, 4.69) is 14.4 Å². The van der Waals surface area contributed by atoms with E-state index in [0.29, 0.717) is 28.2 Å². The van der Waals surface area contributed by atoms with Gasteiger partial charge in [0.25, 0.3) is 10.0 Å². The second-order valence-electron chi connectivity index (χ2n) is 5.04. The first-order valence-corrected chi connectivity index (χ1v) is 8.46. The maximum absolute atomic E-state index is 12.5. The molecule has 7 nitrogen and oxygen atoms in total. The molecule has 8 heteroatoms. The van der Waals surface area contributed by atoms with E-state index in [0.717, 1.165) is 0 Å². The van der Waals surface area contributed by atoms with Crippen molar-refractivity contribution in [2.24, 2.45) is 0 Å². The summed E-state index contributed by atoms with van der Waals surface area (Å²) in [5.41, 5.74) is 1.65. The smallest absolute Gasteiger partial charge is 0.337 e. The van der Waals surface area contributed by atoms with Gasteiger partial charge in [-0.2, -0.15) is 0 Å². The van der Waals surface area contributed by atoms with Gasteiger partial charge >= 0.3 is 5.97 Å². The predicted molar refractivity (Wildman–Crippen MR) is 87.3 cm³/mol. The Morgan fingerprint density at radius 2 is 1.88 bits per heavy atom. The summed E-state index contributed by atoms with van der Waals surface area (Å²) in [5.74, 6) is -0.0264. The number of aromatic nitrogens is 1. The molecule has 0 saturated heterocycles. The van der Waals surface area contributed by atoms with E-state index in [1.807, 2.05) is 0 Å². The summed E-state index contributed by atoms with van der Waals surface area (Å²) in [5, 5.41) is 0. The van der Waals surface area contributed by atoms with Crippen LogP contribution in [0.2, 0.25) is 0 Å². The van der Waals surface area contributed by atoms with Crippen LogP contribution in [0.4, 0.5) is 5.69 Å². The third-order valence-corrected chi connectivity index (χ3v) is 4.71. The van der Waals surface area contributed by atoms with Gasteiger partial charge in [0.15, 0.2) is 11.5 Å². The first kappa shape index (κ1) is 16.0. The number of esters is 1. The Morgan fingerprint density at radius 1 is 1.17 bits per heavy atom. The minimum Gasteiger partial charge on any atom is -0.465 e. The van der Waals surface area contributed by atoms with Gasteiger partial charge in [0.05, 0.1) is 17.6 Å². The van der Waals surface area contributed by atoms with Gasteiger partial charge in [-0.1, -0.05) is 0 Å². The lowest BCUT2D eigenvalue weighted by Crippen LogP contribution is -2.13. The highest BCUT2D eigenvalue weighted by atomic mass is 32.2. The fourth-order valence-corrected chi connectivity index (χ4v) is 3.27. The van der Waals surface area contributed by atoms with Crippen LogP contribution in [-0.2, 0) is 14.8 Å². The molecule has 24 heavy (non-hydrogen) atoms. The topological polar surface area (TPSA) is 98.5 Å². The van der Waals surface area contributed by atoms with Crippen LogP contribution in [0.5, 0.6) is 0 Å². The largest absolute Gasteiger partial charge is 0.465 e. The molecule has 1 heterocycles. The Morgan fingerprint density at radius 3 is 2.54 bits per heavy atom. The van der Waals surface area contributed by atoms with E-state index >= 15 is 0 Å². The first-order chi connectivity index (χ1) is 11.4. The van der Waals surface area contributed by atoms with E-state index in [1.54, 1.807) is 13.0 Å². The summed E-state index contributed by atoms with van der Waals surface area (Å²) in [7, 11) is -2.51. The van der Waals surface area contributed by atoms with Crippen LogP contribution in [0.1, 0.15) is 16.2 Å². The zero-order valence-corrected chi connectivity index (χ0v) is 13.8. The Hall–Kier alpha value is -2.87. The molecule has 3 aromatic rings. The number of aryl methyl sites for hydroxylation is 1. The summed E-state index contributed by atoms with van der Waals surface area (Å²) in [6, 6.07) is 10.4. The molecule has 124 valence electrons. The first-order valence-electron chi connectivity index (χ1n) is 6.97. The maximum Gasteiger partial charge on any atom is 0.337 e. The third kappa shape index (κ3) is 3.09. The van der Waals surface area contributed by atoms with Crippen LogP contribution >= 0.6 is 0 Å². The van der Waals surface area contributed by atoms with Crippen molar-refractivity contribution in [3.63, 3.8) is 0 Å².